The number of hydrogen-bond acceptors (Lipinski definition) is 9. The maximum absolute atomic E-state index is 12.9. The van der Waals surface area contributed by atoms with Crippen molar-refractivity contribution in [2.24, 2.45) is 5.92 Å². The van der Waals surface area contributed by atoms with Gasteiger partial charge in [-0.15, -0.1) is 0 Å². The summed E-state index contributed by atoms with van der Waals surface area (Å²) in [4.78, 5) is 31.5. The molecule has 4 rings (SSSR count). The van der Waals surface area contributed by atoms with Crippen LogP contribution in [0.5, 0.6) is 11.5 Å². The summed E-state index contributed by atoms with van der Waals surface area (Å²) in [5, 5.41) is 7.08. The molecule has 2 heterocycles. The first-order valence-corrected chi connectivity index (χ1v) is 11.7. The van der Waals surface area contributed by atoms with E-state index in [-0.39, 0.29) is 11.8 Å². The third kappa shape index (κ3) is 5.49. The molecule has 1 N–H and O–H groups in total. The number of methoxy groups -OCH3 is 3. The first-order valence-electron chi connectivity index (χ1n) is 11.7. The van der Waals surface area contributed by atoms with Crippen LogP contribution >= 0.6 is 0 Å². The van der Waals surface area contributed by atoms with E-state index >= 15 is 0 Å². The van der Waals surface area contributed by atoms with Crippen LogP contribution in [0.1, 0.15) is 34.7 Å². The van der Waals surface area contributed by atoms with Crippen LogP contribution in [-0.2, 0) is 16.1 Å². The summed E-state index contributed by atoms with van der Waals surface area (Å²) in [6.45, 7) is 3.76. The number of esters is 1. The molecule has 10 nitrogen and oxygen atoms in total. The standard InChI is InChI=1S/C26H30N4O6/c1-16-19(26(32)35-4)6-5-7-20(16)27-25(31)17-10-12-30(13-11-17)15-23-28-24(29-36-23)18-8-9-21(33-2)22(14-18)34-3/h5-9,14,17H,10-13,15H2,1-4H3,(H,27,31). The van der Waals surface area contributed by atoms with Gasteiger partial charge in [-0.2, -0.15) is 4.98 Å². The predicted molar refractivity (Wildman–Crippen MR) is 132 cm³/mol. The molecule has 0 radical (unpaired) electrons. The molecule has 1 aliphatic heterocycles. The van der Waals surface area contributed by atoms with Gasteiger partial charge in [-0.05, 0) is 68.8 Å². The molecule has 0 aliphatic carbocycles. The lowest BCUT2D eigenvalue weighted by Crippen LogP contribution is -2.38. The number of carbonyl (C=O) groups is 2. The van der Waals surface area contributed by atoms with Crippen molar-refractivity contribution in [3.8, 4) is 22.9 Å². The van der Waals surface area contributed by atoms with Gasteiger partial charge >= 0.3 is 5.97 Å². The number of likely N-dealkylation sites (tertiary alicyclic amines) is 1. The van der Waals surface area contributed by atoms with Crippen molar-refractivity contribution in [3.05, 3.63) is 53.4 Å². The van der Waals surface area contributed by atoms with Crippen LogP contribution in [0, 0.1) is 12.8 Å². The Morgan fingerprint density at radius 3 is 2.53 bits per heavy atom. The molecule has 0 spiro atoms. The molecule has 1 aliphatic rings. The average molecular weight is 495 g/mol. The number of amides is 1. The van der Waals surface area contributed by atoms with Crippen LogP contribution in [0.2, 0.25) is 0 Å². The first-order chi connectivity index (χ1) is 17.4. The Hall–Kier alpha value is -3.92. The van der Waals surface area contributed by atoms with E-state index < -0.39 is 5.97 Å². The van der Waals surface area contributed by atoms with Gasteiger partial charge in [0.25, 0.3) is 0 Å². The quantitative estimate of drug-likeness (QED) is 0.468. The van der Waals surface area contributed by atoms with Gasteiger partial charge < -0.3 is 24.1 Å². The number of aromatic nitrogens is 2. The van der Waals surface area contributed by atoms with E-state index in [0.29, 0.717) is 59.4 Å². The van der Waals surface area contributed by atoms with Crippen LogP contribution in [0.3, 0.4) is 0 Å². The zero-order valence-corrected chi connectivity index (χ0v) is 20.9. The molecule has 0 unspecified atom stereocenters. The van der Waals surface area contributed by atoms with Gasteiger partial charge in [0.1, 0.15) is 0 Å². The molecule has 0 bridgehead atoms. The molecule has 36 heavy (non-hydrogen) atoms. The second-order valence-electron chi connectivity index (χ2n) is 8.59. The summed E-state index contributed by atoms with van der Waals surface area (Å²) in [6.07, 6.45) is 1.41. The van der Waals surface area contributed by atoms with Crippen molar-refractivity contribution in [1.29, 1.82) is 0 Å². The van der Waals surface area contributed by atoms with Crippen molar-refractivity contribution < 1.29 is 28.3 Å². The number of ether oxygens (including phenoxy) is 3. The monoisotopic (exact) mass is 494 g/mol. The van der Waals surface area contributed by atoms with E-state index in [1.807, 2.05) is 6.07 Å². The highest BCUT2D eigenvalue weighted by Gasteiger charge is 2.27. The number of benzene rings is 2. The minimum atomic E-state index is -0.424. The lowest BCUT2D eigenvalue weighted by atomic mass is 9.95. The minimum absolute atomic E-state index is 0.0479. The largest absolute Gasteiger partial charge is 0.493 e. The van der Waals surface area contributed by atoms with Gasteiger partial charge in [0.05, 0.1) is 33.4 Å². The van der Waals surface area contributed by atoms with Gasteiger partial charge in [0.15, 0.2) is 11.5 Å². The Labute approximate surface area is 209 Å². The van der Waals surface area contributed by atoms with E-state index in [2.05, 4.69) is 20.4 Å². The Balaban J connectivity index is 1.32. The predicted octanol–water partition coefficient (Wildman–Crippen LogP) is 3.70. The van der Waals surface area contributed by atoms with Crippen molar-refractivity contribution in [1.82, 2.24) is 15.0 Å². The number of piperidine rings is 1. The first kappa shape index (κ1) is 25.2. The second-order valence-corrected chi connectivity index (χ2v) is 8.59. The minimum Gasteiger partial charge on any atom is -0.493 e. The summed E-state index contributed by atoms with van der Waals surface area (Å²) in [6, 6.07) is 10.7. The van der Waals surface area contributed by atoms with Crippen LogP contribution in [0.4, 0.5) is 5.69 Å². The molecule has 190 valence electrons. The molecular weight excluding hydrogens is 464 g/mol. The fourth-order valence-electron chi connectivity index (χ4n) is 4.29. The zero-order valence-electron chi connectivity index (χ0n) is 20.9. The van der Waals surface area contributed by atoms with Crippen molar-refractivity contribution in [3.63, 3.8) is 0 Å². The average Bonchev–Trinajstić information content (AvgIpc) is 3.37. The van der Waals surface area contributed by atoms with Crippen molar-refractivity contribution >= 4 is 17.6 Å². The number of nitrogens with one attached hydrogen (secondary N) is 1. The molecule has 0 atom stereocenters. The number of carbonyl (C=O) groups excluding carboxylic acids is 2. The normalized spacial score (nSPS) is 14.3. The molecule has 3 aromatic rings. The van der Waals surface area contributed by atoms with Crippen molar-refractivity contribution in [2.45, 2.75) is 26.3 Å². The van der Waals surface area contributed by atoms with Gasteiger partial charge in [-0.25, -0.2) is 4.79 Å². The van der Waals surface area contributed by atoms with E-state index in [4.69, 9.17) is 18.7 Å². The number of hydrogen-bond donors (Lipinski definition) is 1. The maximum atomic E-state index is 12.9. The molecule has 0 saturated carbocycles. The topological polar surface area (TPSA) is 116 Å². The number of nitrogens with zero attached hydrogens (tertiary/aromatic N) is 3. The highest BCUT2D eigenvalue weighted by molar-refractivity contribution is 5.97. The highest BCUT2D eigenvalue weighted by Crippen LogP contribution is 2.31. The Bertz CT molecular complexity index is 1230. The molecule has 1 fully saturated rings. The fraction of sp³-hybridized carbons (Fsp3) is 0.385. The van der Waals surface area contributed by atoms with E-state index in [1.165, 1.54) is 7.11 Å². The molecular formula is C26H30N4O6. The maximum Gasteiger partial charge on any atom is 0.338 e. The van der Waals surface area contributed by atoms with Gasteiger partial charge in [0.2, 0.25) is 17.6 Å². The molecule has 10 heteroatoms. The van der Waals surface area contributed by atoms with Crippen LogP contribution < -0.4 is 14.8 Å². The Morgan fingerprint density at radius 2 is 1.83 bits per heavy atom. The molecule has 1 saturated heterocycles. The second kappa shape index (κ2) is 11.2. The third-order valence-electron chi connectivity index (χ3n) is 6.42. The van der Waals surface area contributed by atoms with E-state index in [0.717, 1.165) is 18.7 Å². The van der Waals surface area contributed by atoms with Crippen LogP contribution in [0.15, 0.2) is 40.9 Å². The summed E-state index contributed by atoms with van der Waals surface area (Å²) in [5.41, 5.74) is 2.53. The van der Waals surface area contributed by atoms with E-state index in [9.17, 15) is 9.59 Å². The third-order valence-corrected chi connectivity index (χ3v) is 6.42. The van der Waals surface area contributed by atoms with Gasteiger partial charge in [-0.1, -0.05) is 11.2 Å². The summed E-state index contributed by atoms with van der Waals surface area (Å²) < 4.78 is 20.9. The number of rotatable bonds is 8. The highest BCUT2D eigenvalue weighted by atomic mass is 16.5. The molecule has 1 amide bonds. The van der Waals surface area contributed by atoms with Crippen LogP contribution in [0.25, 0.3) is 11.4 Å². The Kier molecular flexibility index (Phi) is 7.84. The van der Waals surface area contributed by atoms with Gasteiger partial charge in [0, 0.05) is 17.2 Å². The SMILES string of the molecule is COC(=O)c1cccc(NC(=O)C2CCN(Cc3nc(-c4ccc(OC)c(OC)c4)no3)CC2)c1C. The molecule has 2 aromatic carbocycles. The fourth-order valence-corrected chi connectivity index (χ4v) is 4.29. The summed E-state index contributed by atoms with van der Waals surface area (Å²) in [7, 11) is 4.50. The molecule has 1 aromatic heterocycles. The number of anilines is 1. The zero-order chi connectivity index (χ0) is 25.7. The lowest BCUT2D eigenvalue weighted by Gasteiger charge is -2.30. The summed E-state index contributed by atoms with van der Waals surface area (Å²) >= 11 is 0. The van der Waals surface area contributed by atoms with Crippen molar-refractivity contribution in [2.75, 3.05) is 39.7 Å². The lowest BCUT2D eigenvalue weighted by molar-refractivity contribution is -0.121. The smallest absolute Gasteiger partial charge is 0.338 e. The van der Waals surface area contributed by atoms with Gasteiger partial charge in [-0.3, -0.25) is 9.69 Å². The summed E-state index contributed by atoms with van der Waals surface area (Å²) in [5.74, 6) is 1.62. The van der Waals surface area contributed by atoms with Crippen LogP contribution in [-0.4, -0.2) is 61.3 Å². The Morgan fingerprint density at radius 1 is 1.08 bits per heavy atom. The van der Waals surface area contributed by atoms with E-state index in [1.54, 1.807) is 51.5 Å².